The maximum Gasteiger partial charge on any atom is 0.259 e. The molecule has 1 amide bonds. The van der Waals surface area contributed by atoms with E-state index in [1.807, 2.05) is 0 Å². The zero-order valence-electron chi connectivity index (χ0n) is 11.6. The van der Waals surface area contributed by atoms with Crippen molar-refractivity contribution in [2.75, 3.05) is 11.4 Å². The van der Waals surface area contributed by atoms with Gasteiger partial charge in [0.2, 0.25) is 0 Å². The number of carbonyl (C=O) groups excluding carboxylic acids is 2. The number of nitriles is 1. The van der Waals surface area contributed by atoms with Crippen molar-refractivity contribution in [2.45, 2.75) is 0 Å². The second-order valence-electron chi connectivity index (χ2n) is 4.47. The Balaban J connectivity index is 2.49. The van der Waals surface area contributed by atoms with E-state index in [0.29, 0.717) is 0 Å². The van der Waals surface area contributed by atoms with Crippen molar-refractivity contribution in [1.29, 1.82) is 5.26 Å². The number of hydrogen-bond donors (Lipinski definition) is 0. The Labute approximate surface area is 135 Å². The van der Waals surface area contributed by atoms with E-state index in [0.717, 1.165) is 17.0 Å². The summed E-state index contributed by atoms with van der Waals surface area (Å²) < 4.78 is 27.3. The lowest BCUT2D eigenvalue weighted by molar-refractivity contribution is 0.0987. The van der Waals surface area contributed by atoms with Gasteiger partial charge in [-0.2, -0.15) is 5.26 Å². The van der Waals surface area contributed by atoms with E-state index in [1.165, 1.54) is 30.3 Å². The second-order valence-corrected chi connectivity index (χ2v) is 4.81. The first-order chi connectivity index (χ1) is 11.0. The Hall–Kier alpha value is -2.78. The molecule has 23 heavy (non-hydrogen) atoms. The summed E-state index contributed by atoms with van der Waals surface area (Å²) in [7, 11) is 0. The SMILES string of the molecule is N#CCN(C(=O)c1ccc(F)cc1)c1cccc(C(=O)Cl)c1F. The molecule has 0 aromatic heterocycles. The summed E-state index contributed by atoms with van der Waals surface area (Å²) in [4.78, 5) is 24.5. The van der Waals surface area contributed by atoms with Crippen LogP contribution >= 0.6 is 11.6 Å². The lowest BCUT2D eigenvalue weighted by Gasteiger charge is -2.21. The van der Waals surface area contributed by atoms with Crippen LogP contribution in [0.2, 0.25) is 0 Å². The molecule has 2 rings (SSSR count). The number of carbonyl (C=O) groups is 2. The number of benzene rings is 2. The molecule has 0 heterocycles. The van der Waals surface area contributed by atoms with E-state index in [4.69, 9.17) is 16.9 Å². The highest BCUT2D eigenvalue weighted by atomic mass is 35.5. The Kier molecular flexibility index (Phi) is 5.04. The highest BCUT2D eigenvalue weighted by Gasteiger charge is 2.23. The predicted molar refractivity (Wildman–Crippen MR) is 80.3 cm³/mol. The fourth-order valence-corrected chi connectivity index (χ4v) is 2.11. The Morgan fingerprint density at radius 3 is 2.35 bits per heavy atom. The highest BCUT2D eigenvalue weighted by molar-refractivity contribution is 6.67. The summed E-state index contributed by atoms with van der Waals surface area (Å²) in [5.74, 6) is -2.24. The van der Waals surface area contributed by atoms with Crippen LogP contribution in [0.3, 0.4) is 0 Å². The first kappa shape index (κ1) is 16.6. The summed E-state index contributed by atoms with van der Waals surface area (Å²) in [6.45, 7) is -0.451. The van der Waals surface area contributed by atoms with Gasteiger partial charge in [0.1, 0.15) is 12.4 Å². The average Bonchev–Trinajstić information content (AvgIpc) is 2.53. The molecule has 0 aliphatic heterocycles. The Morgan fingerprint density at radius 2 is 1.78 bits per heavy atom. The van der Waals surface area contributed by atoms with Crippen molar-refractivity contribution in [3.8, 4) is 6.07 Å². The third kappa shape index (κ3) is 3.52. The molecule has 0 N–H and O–H groups in total. The third-order valence-electron chi connectivity index (χ3n) is 3.05. The van der Waals surface area contributed by atoms with Gasteiger partial charge >= 0.3 is 0 Å². The highest BCUT2D eigenvalue weighted by Crippen LogP contribution is 2.25. The fraction of sp³-hybridized carbons (Fsp3) is 0.0625. The number of hydrogen-bond acceptors (Lipinski definition) is 3. The van der Waals surface area contributed by atoms with E-state index in [-0.39, 0.29) is 11.3 Å². The molecule has 7 heteroatoms. The van der Waals surface area contributed by atoms with Crippen LogP contribution in [0.4, 0.5) is 14.5 Å². The topological polar surface area (TPSA) is 61.2 Å². The molecule has 0 atom stereocenters. The summed E-state index contributed by atoms with van der Waals surface area (Å²) in [5, 5.41) is 7.87. The van der Waals surface area contributed by atoms with Crippen molar-refractivity contribution in [3.63, 3.8) is 0 Å². The lowest BCUT2D eigenvalue weighted by atomic mass is 10.1. The molecule has 2 aromatic carbocycles. The van der Waals surface area contributed by atoms with Crippen molar-refractivity contribution in [1.82, 2.24) is 0 Å². The maximum atomic E-state index is 14.4. The molecule has 0 saturated carbocycles. The van der Waals surface area contributed by atoms with Crippen LogP contribution < -0.4 is 4.90 Å². The van der Waals surface area contributed by atoms with Crippen molar-refractivity contribution >= 4 is 28.4 Å². The van der Waals surface area contributed by atoms with Crippen LogP contribution in [0, 0.1) is 23.0 Å². The molecule has 0 aliphatic carbocycles. The van der Waals surface area contributed by atoms with E-state index >= 15 is 0 Å². The molecule has 0 fully saturated rings. The Bertz CT molecular complexity index is 801. The first-order valence-corrected chi connectivity index (χ1v) is 6.76. The third-order valence-corrected chi connectivity index (χ3v) is 3.25. The zero-order valence-corrected chi connectivity index (χ0v) is 12.3. The minimum atomic E-state index is -1.02. The van der Waals surface area contributed by atoms with Crippen LogP contribution in [0.1, 0.15) is 20.7 Å². The van der Waals surface area contributed by atoms with Crippen LogP contribution in [0.15, 0.2) is 42.5 Å². The molecule has 0 bridgehead atoms. The first-order valence-electron chi connectivity index (χ1n) is 6.38. The summed E-state index contributed by atoms with van der Waals surface area (Å²) in [6, 6.07) is 10.1. The molecule has 2 aromatic rings. The van der Waals surface area contributed by atoms with Crippen LogP contribution in [-0.4, -0.2) is 17.7 Å². The zero-order chi connectivity index (χ0) is 17.0. The number of halogens is 3. The average molecular weight is 335 g/mol. The molecule has 0 unspecified atom stereocenters. The van der Waals surface area contributed by atoms with Crippen molar-refractivity contribution in [2.24, 2.45) is 0 Å². The van der Waals surface area contributed by atoms with Gasteiger partial charge in [-0.1, -0.05) is 6.07 Å². The van der Waals surface area contributed by atoms with Crippen molar-refractivity contribution in [3.05, 3.63) is 65.2 Å². The molecule has 0 aliphatic rings. The summed E-state index contributed by atoms with van der Waals surface area (Å²) >= 11 is 5.29. The van der Waals surface area contributed by atoms with E-state index < -0.39 is 34.9 Å². The normalized spacial score (nSPS) is 10.0. The summed E-state index contributed by atoms with van der Waals surface area (Å²) in [6.07, 6.45) is 0. The van der Waals surface area contributed by atoms with Gasteiger partial charge in [0, 0.05) is 5.56 Å². The quantitative estimate of drug-likeness (QED) is 0.635. The van der Waals surface area contributed by atoms with Gasteiger partial charge in [-0.25, -0.2) is 8.78 Å². The van der Waals surface area contributed by atoms with Gasteiger partial charge in [0.25, 0.3) is 11.1 Å². The van der Waals surface area contributed by atoms with Crippen LogP contribution in [0.25, 0.3) is 0 Å². The standard InChI is InChI=1S/C16H9ClF2N2O2/c17-15(22)12-2-1-3-13(14(12)19)21(9-8-20)16(23)10-4-6-11(18)7-5-10/h1-7H,9H2. The maximum absolute atomic E-state index is 14.4. The molecule has 0 spiro atoms. The van der Waals surface area contributed by atoms with E-state index in [1.54, 1.807) is 6.07 Å². The largest absolute Gasteiger partial charge is 0.292 e. The number of anilines is 1. The second kappa shape index (κ2) is 6.99. The van der Waals surface area contributed by atoms with Gasteiger partial charge in [-0.15, -0.1) is 0 Å². The number of rotatable bonds is 4. The number of nitrogens with zero attached hydrogens (tertiary/aromatic N) is 2. The molecular weight excluding hydrogens is 326 g/mol. The van der Waals surface area contributed by atoms with Gasteiger partial charge in [-0.3, -0.25) is 14.5 Å². The monoisotopic (exact) mass is 334 g/mol. The van der Waals surface area contributed by atoms with Crippen LogP contribution in [-0.2, 0) is 0 Å². The number of amides is 1. The van der Waals surface area contributed by atoms with Gasteiger partial charge in [0.05, 0.1) is 17.3 Å². The fourth-order valence-electron chi connectivity index (χ4n) is 1.97. The smallest absolute Gasteiger partial charge is 0.259 e. The van der Waals surface area contributed by atoms with Gasteiger partial charge in [0.15, 0.2) is 5.82 Å². The Morgan fingerprint density at radius 1 is 1.13 bits per heavy atom. The molecule has 0 saturated heterocycles. The minimum Gasteiger partial charge on any atom is -0.292 e. The lowest BCUT2D eigenvalue weighted by Crippen LogP contribution is -2.32. The van der Waals surface area contributed by atoms with E-state index in [9.17, 15) is 18.4 Å². The van der Waals surface area contributed by atoms with E-state index in [2.05, 4.69) is 0 Å². The van der Waals surface area contributed by atoms with Crippen LogP contribution in [0.5, 0.6) is 0 Å². The molecule has 4 nitrogen and oxygen atoms in total. The van der Waals surface area contributed by atoms with Crippen molar-refractivity contribution < 1.29 is 18.4 Å². The summed E-state index contributed by atoms with van der Waals surface area (Å²) in [5.41, 5.74) is -0.588. The minimum absolute atomic E-state index is 0.0728. The predicted octanol–water partition coefficient (Wildman–Crippen LogP) is 3.51. The molecule has 116 valence electrons. The molecular formula is C16H9ClF2N2O2. The van der Waals surface area contributed by atoms with Gasteiger partial charge in [-0.05, 0) is 48.0 Å². The molecule has 0 radical (unpaired) electrons. The van der Waals surface area contributed by atoms with Gasteiger partial charge < -0.3 is 0 Å².